The van der Waals surface area contributed by atoms with Gasteiger partial charge < -0.3 is 10.3 Å². The molecule has 8 nitrogen and oxygen atoms in total. The highest BCUT2D eigenvalue weighted by atomic mass is 19.1. The summed E-state index contributed by atoms with van der Waals surface area (Å²) in [5.74, 6) is 0.731. The molecule has 1 saturated carbocycles. The number of nitrogens with zero attached hydrogens (tertiary/aromatic N) is 5. The van der Waals surface area contributed by atoms with Crippen molar-refractivity contribution < 1.29 is 4.39 Å². The first kappa shape index (κ1) is 21.4. The van der Waals surface area contributed by atoms with Crippen LogP contribution in [0.15, 0.2) is 79.4 Å². The lowest BCUT2D eigenvalue weighted by molar-refractivity contribution is 0.631. The lowest BCUT2D eigenvalue weighted by Gasteiger charge is -2.09. The molecule has 1 fully saturated rings. The van der Waals surface area contributed by atoms with Crippen molar-refractivity contribution in [3.05, 3.63) is 85.2 Å². The number of fused-ring (bicyclic) bond motifs is 2. The minimum atomic E-state index is -0.311. The third kappa shape index (κ3) is 3.81. The second-order valence-corrected chi connectivity index (χ2v) is 9.17. The van der Waals surface area contributed by atoms with E-state index < -0.39 is 0 Å². The molecule has 0 bridgehead atoms. The quantitative estimate of drug-likeness (QED) is 0.261. The maximum atomic E-state index is 14.5. The van der Waals surface area contributed by atoms with Gasteiger partial charge in [-0.1, -0.05) is 24.8 Å². The van der Waals surface area contributed by atoms with Crippen LogP contribution in [-0.2, 0) is 0 Å². The fourth-order valence-corrected chi connectivity index (χ4v) is 4.52. The van der Waals surface area contributed by atoms with E-state index in [0.29, 0.717) is 45.2 Å². The average molecular weight is 489 g/mol. The third-order valence-corrected chi connectivity index (χ3v) is 6.60. The maximum Gasteiger partial charge on any atom is 0.178 e. The minimum Gasteiger partial charge on any atom is -0.358 e. The average Bonchev–Trinajstić information content (AvgIpc) is 3.55. The van der Waals surface area contributed by atoms with Crippen molar-refractivity contribution >= 4 is 27.9 Å². The molecule has 1 aliphatic carbocycles. The van der Waals surface area contributed by atoms with E-state index in [-0.39, 0.29) is 5.82 Å². The van der Waals surface area contributed by atoms with Gasteiger partial charge in [-0.3, -0.25) is 10.1 Å². The summed E-state index contributed by atoms with van der Waals surface area (Å²) in [7, 11) is 0. The van der Waals surface area contributed by atoms with Crippen LogP contribution in [0.1, 0.15) is 12.8 Å². The Bertz CT molecular complexity index is 1810. The summed E-state index contributed by atoms with van der Waals surface area (Å²) < 4.78 is 14.5. The van der Waals surface area contributed by atoms with E-state index in [0.717, 1.165) is 28.2 Å². The molecule has 37 heavy (non-hydrogen) atoms. The first-order valence-electron chi connectivity index (χ1n) is 12.0. The number of halogens is 1. The van der Waals surface area contributed by atoms with Gasteiger partial charge in [-0.2, -0.15) is 5.10 Å². The van der Waals surface area contributed by atoms with Crippen LogP contribution in [0.4, 0.5) is 10.1 Å². The zero-order valence-electron chi connectivity index (χ0n) is 19.7. The summed E-state index contributed by atoms with van der Waals surface area (Å²) in [6.45, 7) is 4.14. The zero-order chi connectivity index (χ0) is 24.9. The smallest absolute Gasteiger partial charge is 0.178 e. The number of benzene rings is 1. The van der Waals surface area contributed by atoms with Crippen LogP contribution in [-0.4, -0.2) is 35.1 Å². The Morgan fingerprint density at radius 2 is 1.92 bits per heavy atom. The van der Waals surface area contributed by atoms with Gasteiger partial charge in [0.2, 0.25) is 0 Å². The van der Waals surface area contributed by atoms with E-state index in [2.05, 4.69) is 42.0 Å². The number of allylic oxidation sites excluding steroid dienone is 1. The van der Waals surface area contributed by atoms with Gasteiger partial charge >= 0.3 is 0 Å². The molecular weight excluding hydrogens is 467 g/mol. The molecular formula is C28H21FN8. The van der Waals surface area contributed by atoms with E-state index in [4.69, 9.17) is 4.98 Å². The van der Waals surface area contributed by atoms with Crippen LogP contribution in [0, 0.1) is 11.7 Å². The SMILES string of the molecule is C=C(Nc1cncc(-c2ccc3[nH]nc(-c4nc5nccc(-c6ccccc6F)c5[nH]4)c3n2)c1)C1CC1. The first-order valence-corrected chi connectivity index (χ1v) is 12.0. The van der Waals surface area contributed by atoms with E-state index in [1.807, 2.05) is 18.2 Å². The van der Waals surface area contributed by atoms with Crippen molar-refractivity contribution in [2.24, 2.45) is 5.92 Å². The number of nitrogens with one attached hydrogen (secondary N) is 3. The van der Waals surface area contributed by atoms with Gasteiger partial charge in [0.1, 0.15) is 11.3 Å². The largest absolute Gasteiger partial charge is 0.358 e. The van der Waals surface area contributed by atoms with Crippen molar-refractivity contribution in [1.82, 2.24) is 35.1 Å². The number of pyridine rings is 3. The molecule has 0 radical (unpaired) electrons. The van der Waals surface area contributed by atoms with Crippen molar-refractivity contribution in [2.75, 3.05) is 5.32 Å². The summed E-state index contributed by atoms with van der Waals surface area (Å²) in [5, 5.41) is 10.9. The van der Waals surface area contributed by atoms with Crippen molar-refractivity contribution in [3.8, 4) is 33.9 Å². The van der Waals surface area contributed by atoms with Crippen LogP contribution in [0.25, 0.3) is 56.1 Å². The first-order chi connectivity index (χ1) is 18.1. The molecule has 5 heterocycles. The van der Waals surface area contributed by atoms with Crippen molar-refractivity contribution in [2.45, 2.75) is 12.8 Å². The Balaban J connectivity index is 1.29. The van der Waals surface area contributed by atoms with Crippen LogP contribution in [0.3, 0.4) is 0 Å². The Labute approximate surface area is 210 Å². The fraction of sp³-hybridized carbons (Fsp3) is 0.107. The normalized spacial score (nSPS) is 13.3. The predicted molar refractivity (Wildman–Crippen MR) is 141 cm³/mol. The monoisotopic (exact) mass is 488 g/mol. The highest BCUT2D eigenvalue weighted by Gasteiger charge is 2.24. The molecule has 1 aliphatic rings. The van der Waals surface area contributed by atoms with E-state index >= 15 is 0 Å². The van der Waals surface area contributed by atoms with Gasteiger partial charge in [0.05, 0.1) is 28.6 Å². The number of H-pyrrole nitrogens is 2. The standard InChI is InChI=1S/C28H21FN8/c1-15(16-6-7-16)32-18-12-17(13-30-14-18)22-8-9-23-25(33-22)26(37-36-23)28-34-24-20(10-11-31-27(24)35-28)19-4-2-3-5-21(19)29/h2-5,8-14,16,32H,1,6-7H2,(H,36,37)(H,31,34,35). The molecule has 7 rings (SSSR count). The zero-order valence-corrected chi connectivity index (χ0v) is 19.7. The molecule has 5 aromatic heterocycles. The molecule has 6 aromatic rings. The summed E-state index contributed by atoms with van der Waals surface area (Å²) >= 11 is 0. The lowest BCUT2D eigenvalue weighted by atomic mass is 10.1. The number of aromatic nitrogens is 7. The van der Waals surface area contributed by atoms with Gasteiger partial charge in [0, 0.05) is 34.8 Å². The maximum absolute atomic E-state index is 14.5. The number of imidazole rings is 1. The number of hydrogen-bond donors (Lipinski definition) is 3. The van der Waals surface area contributed by atoms with Gasteiger partial charge in [-0.05, 0) is 49.1 Å². The molecule has 3 N–H and O–H groups in total. The number of rotatable bonds is 6. The molecule has 0 saturated heterocycles. The number of aromatic amines is 2. The molecule has 0 unspecified atom stereocenters. The van der Waals surface area contributed by atoms with Gasteiger partial charge in [-0.25, -0.2) is 19.3 Å². The summed E-state index contributed by atoms with van der Waals surface area (Å²) in [6.07, 6.45) is 7.55. The summed E-state index contributed by atoms with van der Waals surface area (Å²) in [4.78, 5) is 21.6. The Morgan fingerprint density at radius 3 is 2.78 bits per heavy atom. The molecule has 9 heteroatoms. The van der Waals surface area contributed by atoms with Gasteiger partial charge in [0.25, 0.3) is 0 Å². The fourth-order valence-electron chi connectivity index (χ4n) is 4.52. The van der Waals surface area contributed by atoms with E-state index in [1.54, 1.807) is 42.9 Å². The Kier molecular flexibility index (Phi) is 4.81. The second kappa shape index (κ2) is 8.34. The molecule has 180 valence electrons. The molecule has 0 spiro atoms. The van der Waals surface area contributed by atoms with Gasteiger partial charge in [-0.15, -0.1) is 0 Å². The predicted octanol–water partition coefficient (Wildman–Crippen LogP) is 6.10. The van der Waals surface area contributed by atoms with Gasteiger partial charge in [0.15, 0.2) is 17.2 Å². The van der Waals surface area contributed by atoms with Crippen LogP contribution < -0.4 is 5.32 Å². The topological polar surface area (TPSA) is 108 Å². The van der Waals surface area contributed by atoms with E-state index in [9.17, 15) is 4.39 Å². The highest BCUT2D eigenvalue weighted by Crippen LogP contribution is 2.36. The van der Waals surface area contributed by atoms with E-state index in [1.165, 1.54) is 18.9 Å². The second-order valence-electron chi connectivity index (χ2n) is 9.17. The Hall–Kier alpha value is -4.92. The Morgan fingerprint density at radius 1 is 1.03 bits per heavy atom. The number of hydrogen-bond acceptors (Lipinski definition) is 6. The number of anilines is 1. The third-order valence-electron chi connectivity index (χ3n) is 6.60. The molecule has 0 atom stereocenters. The van der Waals surface area contributed by atoms with Crippen LogP contribution in [0.2, 0.25) is 0 Å². The minimum absolute atomic E-state index is 0.311. The molecule has 0 amide bonds. The summed E-state index contributed by atoms with van der Waals surface area (Å²) in [5.41, 5.74) is 7.77. The molecule has 1 aromatic carbocycles. The van der Waals surface area contributed by atoms with Crippen LogP contribution in [0.5, 0.6) is 0 Å². The van der Waals surface area contributed by atoms with Crippen molar-refractivity contribution in [1.29, 1.82) is 0 Å². The van der Waals surface area contributed by atoms with Crippen LogP contribution >= 0.6 is 0 Å². The lowest BCUT2D eigenvalue weighted by Crippen LogP contribution is -2.00. The van der Waals surface area contributed by atoms with Crippen molar-refractivity contribution in [3.63, 3.8) is 0 Å². The summed E-state index contributed by atoms with van der Waals surface area (Å²) in [6, 6.07) is 14.3. The molecule has 0 aliphatic heterocycles. The highest BCUT2D eigenvalue weighted by molar-refractivity contribution is 5.95.